The molecule has 1 aliphatic carbocycles. The molecule has 1 saturated carbocycles. The van der Waals surface area contributed by atoms with Crippen molar-refractivity contribution in [2.45, 2.75) is 35.2 Å². The van der Waals surface area contributed by atoms with E-state index in [1.807, 2.05) is 0 Å². The molecule has 0 amide bonds. The Bertz CT molecular complexity index is 393. The number of ether oxygens (including phenoxy) is 1. The zero-order chi connectivity index (χ0) is 10.4. The number of benzene rings is 1. The first kappa shape index (κ1) is 10.4. The van der Waals surface area contributed by atoms with Crippen LogP contribution in [0.1, 0.15) is 30.7 Å². The molecular weight excluding hydrogens is 367 g/mol. The van der Waals surface area contributed by atoms with Crippen molar-refractivity contribution < 1.29 is 4.74 Å². The highest BCUT2D eigenvalue weighted by Gasteiger charge is 2.39. The Balaban J connectivity index is 2.09. The monoisotopic (exact) mass is 378 g/mol. The predicted octanol–water partition coefficient (Wildman–Crippen LogP) is 4.28. The molecular formula is C12H12BrIO. The van der Waals surface area contributed by atoms with E-state index in [9.17, 15) is 0 Å². The summed E-state index contributed by atoms with van der Waals surface area (Å²) >= 11 is 6.11. The summed E-state index contributed by atoms with van der Waals surface area (Å²) in [5.74, 6) is 1.81. The van der Waals surface area contributed by atoms with Crippen LogP contribution in [0.2, 0.25) is 0 Å². The van der Waals surface area contributed by atoms with Gasteiger partial charge < -0.3 is 4.74 Å². The van der Waals surface area contributed by atoms with Crippen molar-refractivity contribution in [2.24, 2.45) is 0 Å². The van der Waals surface area contributed by atoms with Gasteiger partial charge in [0.25, 0.3) is 0 Å². The van der Waals surface area contributed by atoms with Crippen LogP contribution in [0.5, 0.6) is 5.75 Å². The van der Waals surface area contributed by atoms with Gasteiger partial charge in [0, 0.05) is 10.4 Å². The van der Waals surface area contributed by atoms with Gasteiger partial charge in [-0.2, -0.15) is 0 Å². The minimum absolute atomic E-state index is 0.443. The van der Waals surface area contributed by atoms with Crippen LogP contribution in [0, 0.1) is 0 Å². The summed E-state index contributed by atoms with van der Waals surface area (Å²) in [6.07, 6.45) is 4.29. The Morgan fingerprint density at radius 3 is 3.07 bits per heavy atom. The third-order valence-electron chi connectivity index (χ3n) is 3.39. The zero-order valence-corrected chi connectivity index (χ0v) is 12.0. The SMILES string of the molecule is Brc1ccc2c(c1)[C@H]1CCC[C@@H](O2)[C@@H]1I. The normalized spacial score (nSPS) is 33.1. The van der Waals surface area contributed by atoms with Crippen molar-refractivity contribution in [2.75, 3.05) is 0 Å². The third kappa shape index (κ3) is 1.71. The maximum atomic E-state index is 6.04. The van der Waals surface area contributed by atoms with Crippen molar-refractivity contribution in [3.63, 3.8) is 0 Å². The van der Waals surface area contributed by atoms with Gasteiger partial charge in [0.1, 0.15) is 11.9 Å². The van der Waals surface area contributed by atoms with Crippen LogP contribution in [-0.2, 0) is 0 Å². The van der Waals surface area contributed by atoms with Gasteiger partial charge >= 0.3 is 0 Å². The number of hydrogen-bond acceptors (Lipinski definition) is 1. The second kappa shape index (κ2) is 3.91. The van der Waals surface area contributed by atoms with E-state index in [0.29, 0.717) is 15.9 Å². The Hall–Kier alpha value is 0.230. The van der Waals surface area contributed by atoms with Gasteiger partial charge in [0.2, 0.25) is 0 Å². The van der Waals surface area contributed by atoms with Crippen LogP contribution in [0.3, 0.4) is 0 Å². The maximum absolute atomic E-state index is 6.04. The zero-order valence-electron chi connectivity index (χ0n) is 8.25. The van der Waals surface area contributed by atoms with E-state index in [2.05, 4.69) is 56.7 Å². The number of rotatable bonds is 0. The van der Waals surface area contributed by atoms with Crippen molar-refractivity contribution in [1.82, 2.24) is 0 Å². The molecule has 0 radical (unpaired) electrons. The molecule has 0 saturated heterocycles. The lowest BCUT2D eigenvalue weighted by atomic mass is 9.80. The molecule has 1 aromatic carbocycles. The minimum Gasteiger partial charge on any atom is -0.489 e. The average molecular weight is 379 g/mol. The quantitative estimate of drug-likeness (QED) is 0.483. The molecule has 80 valence electrons. The first-order chi connectivity index (χ1) is 7.25. The highest BCUT2D eigenvalue weighted by atomic mass is 127. The second-order valence-electron chi connectivity index (χ2n) is 4.32. The molecule has 3 atom stereocenters. The molecule has 0 aromatic heterocycles. The molecule has 1 aromatic rings. The smallest absolute Gasteiger partial charge is 0.123 e. The fourth-order valence-corrected chi connectivity index (χ4v) is 4.28. The van der Waals surface area contributed by atoms with Crippen LogP contribution in [-0.4, -0.2) is 10.0 Å². The highest BCUT2D eigenvalue weighted by Crippen LogP contribution is 2.47. The Kier molecular flexibility index (Phi) is 2.71. The summed E-state index contributed by atoms with van der Waals surface area (Å²) < 4.78 is 7.86. The molecule has 1 fully saturated rings. The molecule has 2 aliphatic rings. The lowest BCUT2D eigenvalue weighted by Gasteiger charge is -2.40. The van der Waals surface area contributed by atoms with Gasteiger partial charge in [-0.25, -0.2) is 0 Å². The lowest BCUT2D eigenvalue weighted by molar-refractivity contribution is 0.132. The molecule has 1 aliphatic heterocycles. The molecule has 0 spiro atoms. The molecule has 2 bridgehead atoms. The van der Waals surface area contributed by atoms with Gasteiger partial charge in [-0.3, -0.25) is 0 Å². The predicted molar refractivity (Wildman–Crippen MR) is 73.0 cm³/mol. The molecule has 3 rings (SSSR count). The Morgan fingerprint density at radius 1 is 1.33 bits per heavy atom. The molecule has 1 heterocycles. The van der Waals surface area contributed by atoms with Crippen LogP contribution < -0.4 is 4.74 Å². The first-order valence-corrected chi connectivity index (χ1v) is 7.40. The summed E-state index contributed by atoms with van der Waals surface area (Å²) in [6.45, 7) is 0. The molecule has 0 N–H and O–H groups in total. The van der Waals surface area contributed by atoms with Gasteiger partial charge in [-0.15, -0.1) is 0 Å². The Morgan fingerprint density at radius 2 is 2.20 bits per heavy atom. The van der Waals surface area contributed by atoms with E-state index in [4.69, 9.17) is 4.74 Å². The summed E-state index contributed by atoms with van der Waals surface area (Å²) in [5, 5.41) is 0. The van der Waals surface area contributed by atoms with E-state index >= 15 is 0 Å². The van der Waals surface area contributed by atoms with Crippen LogP contribution >= 0.6 is 38.5 Å². The largest absolute Gasteiger partial charge is 0.489 e. The summed E-state index contributed by atoms with van der Waals surface area (Å²) in [6, 6.07) is 6.41. The fraction of sp³-hybridized carbons (Fsp3) is 0.500. The van der Waals surface area contributed by atoms with Crippen molar-refractivity contribution in [1.29, 1.82) is 0 Å². The van der Waals surface area contributed by atoms with E-state index in [-0.39, 0.29) is 0 Å². The van der Waals surface area contributed by atoms with E-state index in [0.717, 1.165) is 10.2 Å². The number of hydrogen-bond donors (Lipinski definition) is 0. The van der Waals surface area contributed by atoms with Crippen molar-refractivity contribution >= 4 is 38.5 Å². The van der Waals surface area contributed by atoms with E-state index in [1.165, 1.54) is 24.8 Å². The highest BCUT2D eigenvalue weighted by molar-refractivity contribution is 14.1. The standard InChI is InChI=1S/C12H12BrIO/c13-7-4-5-10-9(6-7)8-2-1-3-11(15-10)12(8)14/h4-6,8,11-12H,1-3H2/t8-,11-,12-/m1/s1. The summed E-state index contributed by atoms with van der Waals surface area (Å²) in [7, 11) is 0. The maximum Gasteiger partial charge on any atom is 0.123 e. The Labute approximate surface area is 112 Å². The van der Waals surface area contributed by atoms with Gasteiger partial charge in [0.05, 0.1) is 3.92 Å². The fourth-order valence-electron chi connectivity index (χ4n) is 2.65. The number of alkyl halides is 1. The van der Waals surface area contributed by atoms with Crippen LogP contribution in [0.4, 0.5) is 0 Å². The minimum atomic E-state index is 0.443. The van der Waals surface area contributed by atoms with E-state index in [1.54, 1.807) is 0 Å². The van der Waals surface area contributed by atoms with Crippen LogP contribution in [0.25, 0.3) is 0 Å². The lowest BCUT2D eigenvalue weighted by Crippen LogP contribution is -2.39. The van der Waals surface area contributed by atoms with E-state index < -0.39 is 0 Å². The summed E-state index contributed by atoms with van der Waals surface area (Å²) in [5.41, 5.74) is 1.40. The average Bonchev–Trinajstić information content (AvgIpc) is 2.20. The second-order valence-corrected chi connectivity index (χ2v) is 6.67. The molecule has 1 nitrogen and oxygen atoms in total. The number of halogens is 2. The first-order valence-electron chi connectivity index (χ1n) is 5.36. The molecule has 15 heavy (non-hydrogen) atoms. The van der Waals surface area contributed by atoms with Gasteiger partial charge in [-0.05, 0) is 43.0 Å². The van der Waals surface area contributed by atoms with Gasteiger partial charge in [0.15, 0.2) is 0 Å². The third-order valence-corrected chi connectivity index (χ3v) is 5.56. The van der Waals surface area contributed by atoms with Crippen molar-refractivity contribution in [3.05, 3.63) is 28.2 Å². The number of fused-ring (bicyclic) bond motifs is 4. The van der Waals surface area contributed by atoms with Gasteiger partial charge in [-0.1, -0.05) is 38.5 Å². The summed E-state index contributed by atoms with van der Waals surface area (Å²) in [4.78, 5) is 0. The molecule has 0 unspecified atom stereocenters. The van der Waals surface area contributed by atoms with Crippen molar-refractivity contribution in [3.8, 4) is 5.75 Å². The topological polar surface area (TPSA) is 9.23 Å². The van der Waals surface area contributed by atoms with Crippen LogP contribution in [0.15, 0.2) is 22.7 Å². The molecule has 3 heteroatoms.